The molecule has 0 fully saturated rings. The number of halogens is 4. The zero-order valence-electron chi connectivity index (χ0n) is 16.5. The van der Waals surface area contributed by atoms with E-state index in [2.05, 4.69) is 15.3 Å². The van der Waals surface area contributed by atoms with Crippen LogP contribution in [0.4, 0.5) is 18.9 Å². The average Bonchev–Trinajstić information content (AvgIpc) is 3.10. The Morgan fingerprint density at radius 3 is 2.62 bits per heavy atom. The van der Waals surface area contributed by atoms with E-state index in [1.54, 1.807) is 11.3 Å². The van der Waals surface area contributed by atoms with Gasteiger partial charge >= 0.3 is 6.18 Å². The van der Waals surface area contributed by atoms with E-state index in [1.807, 2.05) is 37.3 Å². The second-order valence-electron chi connectivity index (χ2n) is 6.79. The predicted octanol–water partition coefficient (Wildman–Crippen LogP) is 7.07. The van der Waals surface area contributed by atoms with Gasteiger partial charge in [0.15, 0.2) is 0 Å². The number of fused-ring (bicyclic) bond motifs is 1. The third-order valence-electron chi connectivity index (χ3n) is 4.60. The van der Waals surface area contributed by atoms with E-state index in [0.29, 0.717) is 5.03 Å². The fraction of sp³-hybridized carbons (Fsp3) is 0.136. The molecule has 0 aliphatic heterocycles. The van der Waals surface area contributed by atoms with Gasteiger partial charge in [0.1, 0.15) is 16.2 Å². The minimum Gasteiger partial charge on any atom is -0.324 e. The Morgan fingerprint density at radius 2 is 1.91 bits per heavy atom. The number of thioether (sulfide) groups is 1. The molecule has 1 amide bonds. The van der Waals surface area contributed by atoms with Crippen molar-refractivity contribution in [1.29, 1.82) is 0 Å². The van der Waals surface area contributed by atoms with Crippen LogP contribution in [0.25, 0.3) is 21.3 Å². The van der Waals surface area contributed by atoms with Gasteiger partial charge in [0, 0.05) is 10.4 Å². The molecule has 4 nitrogen and oxygen atoms in total. The van der Waals surface area contributed by atoms with Gasteiger partial charge in [-0.3, -0.25) is 4.79 Å². The van der Waals surface area contributed by atoms with Crippen molar-refractivity contribution in [2.75, 3.05) is 11.1 Å². The molecule has 4 aromatic rings. The normalized spacial score (nSPS) is 11.7. The van der Waals surface area contributed by atoms with Crippen molar-refractivity contribution < 1.29 is 18.0 Å². The van der Waals surface area contributed by atoms with Crippen molar-refractivity contribution in [3.05, 3.63) is 70.3 Å². The summed E-state index contributed by atoms with van der Waals surface area (Å²) in [5, 5.41) is 3.97. The van der Waals surface area contributed by atoms with Crippen LogP contribution in [0.2, 0.25) is 5.02 Å². The largest absolute Gasteiger partial charge is 0.416 e. The minimum atomic E-state index is -4.53. The summed E-state index contributed by atoms with van der Waals surface area (Å²) in [6.45, 7) is 2.01. The molecule has 2 aromatic carbocycles. The monoisotopic (exact) mass is 493 g/mol. The summed E-state index contributed by atoms with van der Waals surface area (Å²) in [6, 6.07) is 12.6. The number of anilines is 1. The number of hydrogen-bond donors (Lipinski definition) is 1. The highest BCUT2D eigenvalue weighted by molar-refractivity contribution is 8.00. The third kappa shape index (κ3) is 4.74. The van der Waals surface area contributed by atoms with E-state index in [1.165, 1.54) is 18.1 Å². The zero-order valence-corrected chi connectivity index (χ0v) is 18.9. The molecule has 0 aliphatic rings. The lowest BCUT2D eigenvalue weighted by Crippen LogP contribution is -2.15. The summed E-state index contributed by atoms with van der Waals surface area (Å²) in [4.78, 5) is 23.1. The first kappa shape index (κ1) is 22.6. The van der Waals surface area contributed by atoms with E-state index in [0.717, 1.165) is 44.4 Å². The van der Waals surface area contributed by atoms with E-state index in [9.17, 15) is 18.0 Å². The maximum Gasteiger partial charge on any atom is 0.416 e. The molecule has 0 bridgehead atoms. The molecule has 32 heavy (non-hydrogen) atoms. The van der Waals surface area contributed by atoms with Gasteiger partial charge in [-0.05, 0) is 30.7 Å². The summed E-state index contributed by atoms with van der Waals surface area (Å²) in [6.07, 6.45) is -3.09. The Bertz CT molecular complexity index is 1290. The van der Waals surface area contributed by atoms with Gasteiger partial charge in [-0.2, -0.15) is 13.2 Å². The molecule has 0 aliphatic carbocycles. The number of amides is 1. The average molecular weight is 494 g/mol. The van der Waals surface area contributed by atoms with Crippen LogP contribution in [0.3, 0.4) is 0 Å². The molecule has 0 saturated heterocycles. The summed E-state index contributed by atoms with van der Waals surface area (Å²) >= 11 is 8.70. The molecule has 0 spiro atoms. The van der Waals surface area contributed by atoms with Crippen LogP contribution >= 0.6 is 34.7 Å². The first-order valence-corrected chi connectivity index (χ1v) is 11.5. The number of rotatable bonds is 5. The van der Waals surface area contributed by atoms with Gasteiger partial charge in [0.05, 0.1) is 27.4 Å². The van der Waals surface area contributed by atoms with Gasteiger partial charge in [0.2, 0.25) is 5.91 Å². The second kappa shape index (κ2) is 9.09. The van der Waals surface area contributed by atoms with Crippen LogP contribution in [0, 0.1) is 6.92 Å². The van der Waals surface area contributed by atoms with E-state index in [-0.39, 0.29) is 16.5 Å². The Morgan fingerprint density at radius 1 is 1.16 bits per heavy atom. The van der Waals surface area contributed by atoms with E-state index in [4.69, 9.17) is 11.6 Å². The number of nitrogens with zero attached hydrogens (tertiary/aromatic N) is 2. The lowest BCUT2D eigenvalue weighted by atomic mass is 10.0. The highest BCUT2D eigenvalue weighted by Crippen LogP contribution is 2.41. The minimum absolute atomic E-state index is 0.0283. The molecule has 2 aromatic heterocycles. The molecule has 10 heteroatoms. The molecule has 2 heterocycles. The van der Waals surface area contributed by atoms with Crippen molar-refractivity contribution in [2.24, 2.45) is 0 Å². The lowest BCUT2D eigenvalue weighted by molar-refractivity contribution is -0.137. The van der Waals surface area contributed by atoms with Crippen LogP contribution in [0.15, 0.2) is 59.9 Å². The molecule has 0 saturated carbocycles. The highest BCUT2D eigenvalue weighted by Gasteiger charge is 2.31. The van der Waals surface area contributed by atoms with Crippen molar-refractivity contribution in [2.45, 2.75) is 18.1 Å². The number of hydrogen-bond acceptors (Lipinski definition) is 5. The van der Waals surface area contributed by atoms with Crippen LogP contribution in [-0.2, 0) is 11.0 Å². The first-order valence-electron chi connectivity index (χ1n) is 9.33. The molecule has 0 unspecified atom stereocenters. The Hall–Kier alpha value is -2.62. The molecule has 0 atom stereocenters. The number of carbonyl (C=O) groups excluding carboxylic acids is 1. The molecule has 164 valence electrons. The summed E-state index contributed by atoms with van der Waals surface area (Å²) < 4.78 is 38.9. The summed E-state index contributed by atoms with van der Waals surface area (Å²) in [5.41, 5.74) is 1.06. The van der Waals surface area contributed by atoms with Crippen LogP contribution in [-0.4, -0.2) is 21.6 Å². The number of aryl methyl sites for hydroxylation is 1. The Kier molecular flexibility index (Phi) is 6.41. The Balaban J connectivity index is 1.57. The van der Waals surface area contributed by atoms with Crippen molar-refractivity contribution in [3.8, 4) is 11.1 Å². The summed E-state index contributed by atoms with van der Waals surface area (Å²) in [7, 11) is 0. The molecular weight excluding hydrogens is 479 g/mol. The topological polar surface area (TPSA) is 54.9 Å². The van der Waals surface area contributed by atoms with Gasteiger partial charge < -0.3 is 5.32 Å². The van der Waals surface area contributed by atoms with Crippen LogP contribution in [0.5, 0.6) is 0 Å². The van der Waals surface area contributed by atoms with E-state index >= 15 is 0 Å². The number of alkyl halides is 3. The number of nitrogens with one attached hydrogen (secondary N) is 1. The quantitative estimate of drug-likeness (QED) is 0.238. The van der Waals surface area contributed by atoms with Gasteiger partial charge in [-0.15, -0.1) is 11.3 Å². The Labute approximate surface area is 194 Å². The first-order chi connectivity index (χ1) is 15.2. The molecular formula is C22H15ClF3N3OS2. The zero-order chi connectivity index (χ0) is 22.9. The highest BCUT2D eigenvalue weighted by atomic mass is 35.5. The van der Waals surface area contributed by atoms with Gasteiger partial charge in [-0.25, -0.2) is 9.97 Å². The fourth-order valence-corrected chi connectivity index (χ4v) is 5.24. The van der Waals surface area contributed by atoms with Crippen molar-refractivity contribution in [1.82, 2.24) is 9.97 Å². The van der Waals surface area contributed by atoms with Crippen molar-refractivity contribution in [3.63, 3.8) is 0 Å². The third-order valence-corrected chi connectivity index (χ3v) is 6.93. The number of benzene rings is 2. The number of aromatic nitrogens is 2. The van der Waals surface area contributed by atoms with Crippen molar-refractivity contribution >= 4 is 56.5 Å². The number of carbonyl (C=O) groups is 1. The standard InChI is InChI=1S/C22H15ClF3N3OS2/c1-12-18(13-5-3-2-4-6-13)19-20(27-11-28-21(19)32-12)31-10-17(30)29-16-9-14(22(24,25)26)7-8-15(16)23/h2-9,11H,10H2,1H3,(H,29,30). The number of thiophene rings is 1. The van der Waals surface area contributed by atoms with Gasteiger partial charge in [-0.1, -0.05) is 53.7 Å². The van der Waals surface area contributed by atoms with Gasteiger partial charge in [0.25, 0.3) is 0 Å². The molecule has 1 N–H and O–H groups in total. The molecule has 0 radical (unpaired) electrons. The SMILES string of the molecule is Cc1sc2ncnc(SCC(=O)Nc3cc(C(F)(F)F)ccc3Cl)c2c1-c1ccccc1. The molecule has 4 rings (SSSR count). The predicted molar refractivity (Wildman–Crippen MR) is 123 cm³/mol. The van der Waals surface area contributed by atoms with E-state index < -0.39 is 17.6 Å². The smallest absolute Gasteiger partial charge is 0.324 e. The fourth-order valence-electron chi connectivity index (χ4n) is 3.20. The van der Waals surface area contributed by atoms with Crippen LogP contribution < -0.4 is 5.32 Å². The lowest BCUT2D eigenvalue weighted by Gasteiger charge is -2.12. The summed E-state index contributed by atoms with van der Waals surface area (Å²) in [5.74, 6) is -0.543. The van der Waals surface area contributed by atoms with Crippen LogP contribution in [0.1, 0.15) is 10.4 Å². The maximum atomic E-state index is 13.0. The second-order valence-corrected chi connectivity index (χ2v) is 9.36. The maximum absolute atomic E-state index is 13.0.